The van der Waals surface area contributed by atoms with Crippen molar-refractivity contribution < 1.29 is 19.0 Å². The van der Waals surface area contributed by atoms with Gasteiger partial charge in [0.05, 0.1) is 30.2 Å². The van der Waals surface area contributed by atoms with Crippen molar-refractivity contribution in [3.05, 3.63) is 89.1 Å². The highest BCUT2D eigenvalue weighted by atomic mass is 35.5. The van der Waals surface area contributed by atoms with Gasteiger partial charge in [0.2, 0.25) is 17.6 Å². The molecule has 1 aliphatic rings. The van der Waals surface area contributed by atoms with Gasteiger partial charge in [0.15, 0.2) is 0 Å². The quantitative estimate of drug-likeness (QED) is 0.246. The summed E-state index contributed by atoms with van der Waals surface area (Å²) in [6.07, 6.45) is 6.93. The number of rotatable bonds is 10. The van der Waals surface area contributed by atoms with Crippen LogP contribution in [0, 0.1) is 5.92 Å². The smallest absolute Gasteiger partial charge is 0.229 e. The third kappa shape index (κ3) is 6.79. The van der Waals surface area contributed by atoms with Crippen LogP contribution >= 0.6 is 23.2 Å². The summed E-state index contributed by atoms with van der Waals surface area (Å²) >= 11 is 12.7. The summed E-state index contributed by atoms with van der Waals surface area (Å²) in [7, 11) is 0. The molecule has 1 amide bonds. The first kappa shape index (κ1) is 28.0. The van der Waals surface area contributed by atoms with Gasteiger partial charge in [-0.25, -0.2) is 15.0 Å². The maximum absolute atomic E-state index is 12.1. The Labute approximate surface area is 242 Å². The Morgan fingerprint density at radius 1 is 1.18 bits per heavy atom. The van der Waals surface area contributed by atoms with Crippen LogP contribution in [0.15, 0.2) is 73.4 Å². The number of carbonyl (C=O) groups is 1. The lowest BCUT2D eigenvalue weighted by molar-refractivity contribution is -0.189. The van der Waals surface area contributed by atoms with Crippen LogP contribution in [0.1, 0.15) is 25.8 Å². The van der Waals surface area contributed by atoms with Gasteiger partial charge < -0.3 is 18.8 Å². The number of imidazole rings is 1. The number of ether oxygens (including phenoxy) is 3. The molecule has 0 bridgehead atoms. The van der Waals surface area contributed by atoms with Crippen LogP contribution in [-0.2, 0) is 26.6 Å². The van der Waals surface area contributed by atoms with Gasteiger partial charge in [0.1, 0.15) is 18.5 Å². The van der Waals surface area contributed by atoms with E-state index in [0.29, 0.717) is 46.6 Å². The summed E-state index contributed by atoms with van der Waals surface area (Å²) in [5.41, 5.74) is 2.24. The monoisotopic (exact) mass is 581 g/mol. The summed E-state index contributed by atoms with van der Waals surface area (Å²) in [5.74, 6) is -0.0257. The molecule has 1 aliphatic heterocycles. The number of amides is 1. The Bertz CT molecular complexity index is 1450. The highest BCUT2D eigenvalue weighted by Crippen LogP contribution is 2.40. The lowest BCUT2D eigenvalue weighted by atomic mass is 10.1. The van der Waals surface area contributed by atoms with E-state index >= 15 is 0 Å². The number of anilines is 1. The van der Waals surface area contributed by atoms with Crippen LogP contribution in [-0.4, -0.2) is 44.7 Å². The van der Waals surface area contributed by atoms with E-state index in [1.165, 1.54) is 0 Å². The molecule has 1 saturated heterocycles. The fourth-order valence-electron chi connectivity index (χ4n) is 4.41. The summed E-state index contributed by atoms with van der Waals surface area (Å²) in [4.78, 5) is 24.8. The molecular formula is C29H29Cl2N5O4. The summed E-state index contributed by atoms with van der Waals surface area (Å²) in [5, 5.41) is 3.74. The predicted octanol–water partition coefficient (Wildman–Crippen LogP) is 5.98. The number of aromatic nitrogens is 4. The molecule has 5 rings (SSSR count). The van der Waals surface area contributed by atoms with Crippen molar-refractivity contribution in [3.8, 4) is 17.0 Å². The number of halogens is 2. The van der Waals surface area contributed by atoms with Gasteiger partial charge in [-0.3, -0.25) is 10.1 Å². The minimum Gasteiger partial charge on any atom is -0.491 e. The zero-order chi connectivity index (χ0) is 28.1. The molecule has 0 spiro atoms. The van der Waals surface area contributed by atoms with E-state index in [9.17, 15) is 4.79 Å². The van der Waals surface area contributed by atoms with E-state index in [4.69, 9.17) is 37.4 Å². The minimum absolute atomic E-state index is 0.110. The van der Waals surface area contributed by atoms with Crippen molar-refractivity contribution in [1.29, 1.82) is 0 Å². The van der Waals surface area contributed by atoms with Gasteiger partial charge in [-0.05, 0) is 48.4 Å². The minimum atomic E-state index is -1.12. The van der Waals surface area contributed by atoms with Crippen LogP contribution in [0.3, 0.4) is 0 Å². The van der Waals surface area contributed by atoms with E-state index in [0.717, 1.165) is 5.56 Å². The highest BCUT2D eigenvalue weighted by molar-refractivity contribution is 6.35. The molecule has 2 atom stereocenters. The summed E-state index contributed by atoms with van der Waals surface area (Å²) < 4.78 is 20.6. The molecule has 208 valence electrons. The Kier molecular flexibility index (Phi) is 8.66. The summed E-state index contributed by atoms with van der Waals surface area (Å²) in [6, 6.07) is 14.6. The molecule has 3 heterocycles. The molecule has 2 aromatic carbocycles. The normalized spacial score (nSPS) is 18.7. The predicted molar refractivity (Wildman–Crippen MR) is 152 cm³/mol. The first-order chi connectivity index (χ1) is 19.3. The van der Waals surface area contributed by atoms with Crippen molar-refractivity contribution in [3.63, 3.8) is 0 Å². The number of carbonyl (C=O) groups excluding carboxylic acids is 1. The Morgan fingerprint density at radius 3 is 2.73 bits per heavy atom. The van der Waals surface area contributed by atoms with Crippen molar-refractivity contribution >= 4 is 35.1 Å². The average Bonchev–Trinajstić information content (AvgIpc) is 3.58. The topological polar surface area (TPSA) is 100 Å². The fourth-order valence-corrected chi connectivity index (χ4v) is 4.97. The molecule has 2 unspecified atom stereocenters. The molecule has 0 saturated carbocycles. The first-order valence-corrected chi connectivity index (χ1v) is 13.6. The molecule has 9 nitrogen and oxygen atoms in total. The molecule has 11 heteroatoms. The zero-order valence-electron chi connectivity index (χ0n) is 22.1. The van der Waals surface area contributed by atoms with Gasteiger partial charge in [0, 0.05) is 41.2 Å². The van der Waals surface area contributed by atoms with Crippen LogP contribution in [0.2, 0.25) is 10.0 Å². The molecule has 1 fully saturated rings. The number of nitrogens with one attached hydrogen (secondary N) is 1. The maximum Gasteiger partial charge on any atom is 0.229 e. The van der Waals surface area contributed by atoms with Crippen LogP contribution in [0.25, 0.3) is 11.3 Å². The molecule has 4 aromatic rings. The Morgan fingerprint density at radius 2 is 2.00 bits per heavy atom. The van der Waals surface area contributed by atoms with Crippen LogP contribution in [0.4, 0.5) is 5.95 Å². The van der Waals surface area contributed by atoms with Crippen molar-refractivity contribution in [1.82, 2.24) is 19.5 Å². The van der Waals surface area contributed by atoms with Crippen LogP contribution < -0.4 is 10.1 Å². The molecule has 1 N–H and O–H groups in total. The first-order valence-electron chi connectivity index (χ1n) is 12.9. The lowest BCUT2D eigenvalue weighted by Gasteiger charge is -2.30. The molecule has 0 aliphatic carbocycles. The van der Waals surface area contributed by atoms with Gasteiger partial charge in [-0.1, -0.05) is 43.1 Å². The van der Waals surface area contributed by atoms with E-state index < -0.39 is 5.79 Å². The standard InChI is InChI=1S/C29H29Cl2N5O4/c1-19(2)13-27(37)35-28-33-10-9-26(34-28)20-3-6-22(7-4-20)38-15-23-16-39-29(40-23,17-36-12-11-32-18-36)24-8-5-21(30)14-25(24)31/h3-12,14,18-19,23H,13,15-17H2,1-2H3,(H,33,34,35,37). The Hall–Kier alpha value is -3.50. The van der Waals surface area contributed by atoms with Crippen molar-refractivity contribution in [2.75, 3.05) is 18.5 Å². The van der Waals surface area contributed by atoms with Gasteiger partial charge in [-0.2, -0.15) is 0 Å². The van der Waals surface area contributed by atoms with E-state index in [2.05, 4.69) is 20.3 Å². The van der Waals surface area contributed by atoms with Crippen LogP contribution in [0.5, 0.6) is 5.75 Å². The largest absolute Gasteiger partial charge is 0.491 e. The fraction of sp³-hybridized carbons (Fsp3) is 0.310. The van der Waals surface area contributed by atoms with Gasteiger partial charge in [-0.15, -0.1) is 0 Å². The van der Waals surface area contributed by atoms with E-state index in [1.807, 2.05) is 54.9 Å². The van der Waals surface area contributed by atoms with E-state index in [1.54, 1.807) is 36.9 Å². The number of nitrogens with zero attached hydrogens (tertiary/aromatic N) is 4. The molecule has 40 heavy (non-hydrogen) atoms. The van der Waals surface area contributed by atoms with Gasteiger partial charge in [0.25, 0.3) is 0 Å². The molecular weight excluding hydrogens is 553 g/mol. The molecule has 0 radical (unpaired) electrons. The molecule has 2 aromatic heterocycles. The third-order valence-corrected chi connectivity index (χ3v) is 6.79. The maximum atomic E-state index is 12.1. The van der Waals surface area contributed by atoms with E-state index in [-0.39, 0.29) is 30.5 Å². The summed E-state index contributed by atoms with van der Waals surface area (Å²) in [6.45, 7) is 4.92. The highest BCUT2D eigenvalue weighted by Gasteiger charge is 2.45. The number of hydrogen-bond donors (Lipinski definition) is 1. The lowest BCUT2D eigenvalue weighted by Crippen LogP contribution is -2.34. The second-order valence-electron chi connectivity index (χ2n) is 9.91. The Balaban J connectivity index is 1.23. The second-order valence-corrected chi connectivity index (χ2v) is 10.8. The third-order valence-electron chi connectivity index (χ3n) is 6.24. The van der Waals surface area contributed by atoms with Crippen molar-refractivity contribution in [2.45, 2.75) is 38.7 Å². The zero-order valence-corrected chi connectivity index (χ0v) is 23.6. The second kappa shape index (κ2) is 12.3. The van der Waals surface area contributed by atoms with Gasteiger partial charge >= 0.3 is 0 Å². The number of hydrogen-bond acceptors (Lipinski definition) is 7. The number of benzene rings is 2. The van der Waals surface area contributed by atoms with Crippen molar-refractivity contribution in [2.24, 2.45) is 5.92 Å². The average molecular weight is 582 g/mol. The SMILES string of the molecule is CC(C)CC(=O)Nc1nccc(-c2ccc(OCC3COC(Cn4ccnc4)(c4ccc(Cl)cc4Cl)O3)cc2)n1.